The maximum atomic E-state index is 14.2. The molecule has 1 saturated heterocycles. The third-order valence-electron chi connectivity index (χ3n) is 7.71. The molecule has 2 aromatic heterocycles. The van der Waals surface area contributed by atoms with Gasteiger partial charge in [0.15, 0.2) is 10.1 Å². The molecule has 1 saturated carbocycles. The number of thiazole rings is 1. The van der Waals surface area contributed by atoms with E-state index in [4.69, 9.17) is 4.74 Å². The van der Waals surface area contributed by atoms with Gasteiger partial charge in [-0.3, -0.25) is 9.69 Å². The summed E-state index contributed by atoms with van der Waals surface area (Å²) in [4.78, 5) is 23.4. The van der Waals surface area contributed by atoms with E-state index in [1.54, 1.807) is 34.4 Å². The lowest BCUT2D eigenvalue weighted by Crippen LogP contribution is -2.25. The Morgan fingerprint density at radius 1 is 1.02 bits per heavy atom. The van der Waals surface area contributed by atoms with Crippen LogP contribution in [0.25, 0.3) is 20.5 Å². The number of thiophene rings is 1. The second-order valence-corrected chi connectivity index (χ2v) is 13.7. The zero-order valence-corrected chi connectivity index (χ0v) is 24.6. The number of hydrogen-bond donors (Lipinski definition) is 0. The Balaban J connectivity index is 1.18. The highest BCUT2D eigenvalue weighted by molar-refractivity contribution is 8.01. The van der Waals surface area contributed by atoms with E-state index in [2.05, 4.69) is 46.3 Å². The normalized spacial score (nSPS) is 15.6. The SMILES string of the molecule is O=C(c1ccc(Sc2nccs2)c(C2CC2)c1)c1c(-c2ccc(OCCN3CCCC3)cc2)sc2ccccc12. The van der Waals surface area contributed by atoms with Crippen LogP contribution in [0.15, 0.2) is 87.5 Å². The van der Waals surface area contributed by atoms with E-state index in [1.807, 2.05) is 41.9 Å². The molecule has 40 heavy (non-hydrogen) atoms. The van der Waals surface area contributed by atoms with Crippen molar-refractivity contribution in [1.29, 1.82) is 0 Å². The van der Waals surface area contributed by atoms with Crippen LogP contribution < -0.4 is 4.74 Å². The van der Waals surface area contributed by atoms with E-state index < -0.39 is 0 Å². The van der Waals surface area contributed by atoms with Gasteiger partial charge in [0.1, 0.15) is 12.4 Å². The van der Waals surface area contributed by atoms with Crippen molar-refractivity contribution < 1.29 is 9.53 Å². The van der Waals surface area contributed by atoms with Crippen molar-refractivity contribution in [2.45, 2.75) is 40.8 Å². The first-order valence-corrected chi connectivity index (χ1v) is 16.5. The van der Waals surface area contributed by atoms with Crippen molar-refractivity contribution >= 4 is 50.3 Å². The standard InChI is InChI=1S/C33H30N2O2S3/c36-31(24-11-14-29(27(21-24)22-7-8-22)40-33-34-15-20-38-33)30-26-5-1-2-6-28(26)39-32(30)23-9-12-25(13-10-23)37-19-18-35-16-3-4-17-35/h1-2,5-6,9-15,20-22H,3-4,7-8,16-19H2. The molecule has 0 bridgehead atoms. The quantitative estimate of drug-likeness (QED) is 0.154. The van der Waals surface area contributed by atoms with E-state index in [0.29, 0.717) is 12.5 Å². The molecular weight excluding hydrogens is 553 g/mol. The van der Waals surface area contributed by atoms with Crippen molar-refractivity contribution in [3.63, 3.8) is 0 Å². The lowest BCUT2D eigenvalue weighted by molar-refractivity contribution is 0.104. The molecule has 5 aromatic rings. The van der Waals surface area contributed by atoms with Crippen LogP contribution >= 0.6 is 34.4 Å². The molecule has 0 atom stereocenters. The van der Waals surface area contributed by atoms with Crippen LogP contribution in [0.5, 0.6) is 5.75 Å². The van der Waals surface area contributed by atoms with E-state index in [9.17, 15) is 4.79 Å². The van der Waals surface area contributed by atoms with Crippen molar-refractivity contribution in [3.05, 3.63) is 95.0 Å². The Bertz CT molecular complexity index is 1630. The van der Waals surface area contributed by atoms with E-state index in [1.165, 1.54) is 49.2 Å². The fourth-order valence-electron chi connectivity index (χ4n) is 5.47. The average Bonchev–Trinajstić information content (AvgIpc) is 3.33. The Morgan fingerprint density at radius 3 is 2.62 bits per heavy atom. The predicted molar refractivity (Wildman–Crippen MR) is 167 cm³/mol. The van der Waals surface area contributed by atoms with Gasteiger partial charge in [-0.25, -0.2) is 4.98 Å². The van der Waals surface area contributed by atoms with Crippen LogP contribution in [-0.2, 0) is 0 Å². The molecule has 0 radical (unpaired) electrons. The molecule has 0 N–H and O–H groups in total. The lowest BCUT2D eigenvalue weighted by Gasteiger charge is -2.15. The predicted octanol–water partition coefficient (Wildman–Crippen LogP) is 8.76. The highest BCUT2D eigenvalue weighted by Gasteiger charge is 2.29. The van der Waals surface area contributed by atoms with Crippen molar-refractivity contribution in [2.75, 3.05) is 26.2 Å². The number of carbonyl (C=O) groups excluding carboxylic acids is 1. The summed E-state index contributed by atoms with van der Waals surface area (Å²) >= 11 is 5.05. The van der Waals surface area contributed by atoms with Gasteiger partial charge in [-0.15, -0.1) is 22.7 Å². The summed E-state index contributed by atoms with van der Waals surface area (Å²) in [6.45, 7) is 4.04. The van der Waals surface area contributed by atoms with Crippen molar-refractivity contribution in [1.82, 2.24) is 9.88 Å². The third kappa shape index (κ3) is 5.48. The summed E-state index contributed by atoms with van der Waals surface area (Å²) < 4.78 is 8.21. The second kappa shape index (κ2) is 11.5. The average molecular weight is 583 g/mol. The number of rotatable bonds is 10. The number of aromatic nitrogens is 1. The van der Waals surface area contributed by atoms with Gasteiger partial charge in [-0.2, -0.15) is 0 Å². The second-order valence-electron chi connectivity index (χ2n) is 10.5. The first-order chi connectivity index (χ1) is 19.7. The molecule has 2 fully saturated rings. The maximum Gasteiger partial charge on any atom is 0.195 e. The summed E-state index contributed by atoms with van der Waals surface area (Å²) in [5.41, 5.74) is 3.89. The van der Waals surface area contributed by atoms with Gasteiger partial charge in [-0.05, 0) is 104 Å². The monoisotopic (exact) mass is 582 g/mol. The lowest BCUT2D eigenvalue weighted by atomic mass is 9.96. The summed E-state index contributed by atoms with van der Waals surface area (Å²) in [5, 5.41) is 3.03. The summed E-state index contributed by atoms with van der Waals surface area (Å²) in [5.74, 6) is 1.50. The number of nitrogens with zero attached hydrogens (tertiary/aromatic N) is 2. The third-order valence-corrected chi connectivity index (χ3v) is 10.9. The Labute approximate surface area is 247 Å². The molecule has 2 aliphatic rings. The molecule has 202 valence electrons. The Morgan fingerprint density at radius 2 is 1.85 bits per heavy atom. The van der Waals surface area contributed by atoms with E-state index in [0.717, 1.165) is 48.3 Å². The smallest absolute Gasteiger partial charge is 0.195 e. The molecule has 1 aliphatic carbocycles. The fourth-order valence-corrected chi connectivity index (χ4v) is 8.45. The minimum Gasteiger partial charge on any atom is -0.492 e. The van der Waals surface area contributed by atoms with Gasteiger partial charge in [0, 0.05) is 49.1 Å². The van der Waals surface area contributed by atoms with Crippen LogP contribution in [0.1, 0.15) is 53.1 Å². The highest BCUT2D eigenvalue weighted by atomic mass is 32.2. The van der Waals surface area contributed by atoms with Crippen LogP contribution in [0.2, 0.25) is 0 Å². The van der Waals surface area contributed by atoms with Crippen LogP contribution in [-0.4, -0.2) is 41.9 Å². The largest absolute Gasteiger partial charge is 0.492 e. The van der Waals surface area contributed by atoms with Gasteiger partial charge >= 0.3 is 0 Å². The Hall–Kier alpha value is -2.97. The topological polar surface area (TPSA) is 42.4 Å². The Kier molecular flexibility index (Phi) is 7.46. The van der Waals surface area contributed by atoms with Gasteiger partial charge in [0.25, 0.3) is 0 Å². The summed E-state index contributed by atoms with van der Waals surface area (Å²) in [6, 6.07) is 22.8. The van der Waals surface area contributed by atoms with Gasteiger partial charge in [0.2, 0.25) is 0 Å². The number of likely N-dealkylation sites (tertiary alicyclic amines) is 1. The molecule has 1 aliphatic heterocycles. The summed E-state index contributed by atoms with van der Waals surface area (Å²) in [6.07, 6.45) is 6.80. The number of fused-ring (bicyclic) bond motifs is 1. The van der Waals surface area contributed by atoms with Crippen LogP contribution in [0.4, 0.5) is 0 Å². The number of benzene rings is 3. The molecule has 4 nitrogen and oxygen atoms in total. The molecule has 0 spiro atoms. The molecular formula is C33H30N2O2S3. The van der Waals surface area contributed by atoms with Gasteiger partial charge in [-0.1, -0.05) is 30.0 Å². The maximum absolute atomic E-state index is 14.2. The van der Waals surface area contributed by atoms with Crippen molar-refractivity contribution in [3.8, 4) is 16.2 Å². The first-order valence-electron chi connectivity index (χ1n) is 14.0. The zero-order chi connectivity index (χ0) is 26.9. The number of ketones is 1. The molecule has 3 aromatic carbocycles. The molecule has 0 amide bonds. The molecule has 0 unspecified atom stereocenters. The molecule has 7 heteroatoms. The van der Waals surface area contributed by atoms with Crippen LogP contribution in [0.3, 0.4) is 0 Å². The number of ether oxygens (including phenoxy) is 1. The molecule has 3 heterocycles. The number of hydrogen-bond acceptors (Lipinski definition) is 7. The van der Waals surface area contributed by atoms with Crippen LogP contribution in [0, 0.1) is 0 Å². The minimum atomic E-state index is 0.0890. The zero-order valence-electron chi connectivity index (χ0n) is 22.2. The first kappa shape index (κ1) is 26.0. The van der Waals surface area contributed by atoms with Gasteiger partial charge in [0.05, 0.1) is 0 Å². The highest BCUT2D eigenvalue weighted by Crippen LogP contribution is 2.47. The number of carbonyl (C=O) groups is 1. The van der Waals surface area contributed by atoms with E-state index >= 15 is 0 Å². The fraction of sp³-hybridized carbons (Fsp3) is 0.273. The van der Waals surface area contributed by atoms with E-state index in [-0.39, 0.29) is 5.78 Å². The molecule has 7 rings (SSSR count). The minimum absolute atomic E-state index is 0.0890. The van der Waals surface area contributed by atoms with Gasteiger partial charge < -0.3 is 4.74 Å². The van der Waals surface area contributed by atoms with Crippen molar-refractivity contribution in [2.24, 2.45) is 0 Å². The summed E-state index contributed by atoms with van der Waals surface area (Å²) in [7, 11) is 0.